The average molecular weight is 273 g/mol. The van der Waals surface area contributed by atoms with E-state index in [4.69, 9.17) is 15.2 Å². The van der Waals surface area contributed by atoms with Crippen LogP contribution in [-0.2, 0) is 4.79 Å². The number of para-hydroxylation sites is 2. The van der Waals surface area contributed by atoms with Gasteiger partial charge in [0.1, 0.15) is 6.61 Å². The molecule has 0 saturated heterocycles. The molecule has 2 rings (SSSR count). The van der Waals surface area contributed by atoms with Gasteiger partial charge >= 0.3 is 0 Å². The monoisotopic (exact) mass is 272 g/mol. The number of hydrogen-bond acceptors (Lipinski definition) is 4. The molecule has 1 aliphatic rings. The largest absolute Gasteiger partial charge is 0.485 e. The first kappa shape index (κ1) is 14.6. The quantitative estimate of drug-likeness (QED) is 0.792. The molecule has 0 saturated carbocycles. The van der Waals surface area contributed by atoms with Crippen molar-refractivity contribution in [1.29, 1.82) is 0 Å². The average Bonchev–Trinajstić information content (AvgIpc) is 2.38. The van der Waals surface area contributed by atoms with E-state index in [-0.39, 0.29) is 24.9 Å². The van der Waals surface area contributed by atoms with Crippen molar-refractivity contribution in [3.05, 3.63) is 24.3 Å². The predicted molar refractivity (Wildman–Crippen MR) is 70.3 cm³/mol. The summed E-state index contributed by atoms with van der Waals surface area (Å²) in [6.07, 6.45) is 0.179. The maximum absolute atomic E-state index is 11.7. The Balaban J connectivity index is 0.00000162. The fourth-order valence-electron chi connectivity index (χ4n) is 1.58. The van der Waals surface area contributed by atoms with E-state index in [0.29, 0.717) is 24.6 Å². The number of nitrogens with two attached hydrogens (primary N) is 1. The van der Waals surface area contributed by atoms with Gasteiger partial charge in [-0.05, 0) is 25.1 Å². The van der Waals surface area contributed by atoms with E-state index in [0.717, 1.165) is 6.42 Å². The molecule has 0 aromatic heterocycles. The third-order valence-corrected chi connectivity index (χ3v) is 2.48. The van der Waals surface area contributed by atoms with Gasteiger partial charge in [-0.25, -0.2) is 0 Å². The van der Waals surface area contributed by atoms with Crippen molar-refractivity contribution in [2.45, 2.75) is 12.5 Å². The van der Waals surface area contributed by atoms with Crippen LogP contribution in [0.15, 0.2) is 24.3 Å². The molecule has 1 atom stereocenters. The number of rotatable bonds is 4. The van der Waals surface area contributed by atoms with Gasteiger partial charge in [-0.1, -0.05) is 12.1 Å². The lowest BCUT2D eigenvalue weighted by atomic mass is 10.2. The van der Waals surface area contributed by atoms with Crippen LogP contribution in [0.3, 0.4) is 0 Å². The number of fused-ring (bicyclic) bond motifs is 1. The molecular formula is C12H17ClN2O3. The van der Waals surface area contributed by atoms with Crippen LogP contribution >= 0.6 is 12.4 Å². The zero-order chi connectivity index (χ0) is 12.1. The van der Waals surface area contributed by atoms with Crippen LogP contribution < -0.4 is 20.5 Å². The second-order valence-electron chi connectivity index (χ2n) is 3.80. The molecule has 100 valence electrons. The lowest BCUT2D eigenvalue weighted by Gasteiger charge is -2.25. The maximum Gasteiger partial charge on any atom is 0.264 e. The molecule has 1 aliphatic heterocycles. The fourth-order valence-corrected chi connectivity index (χ4v) is 1.58. The van der Waals surface area contributed by atoms with Gasteiger partial charge in [0.2, 0.25) is 6.10 Å². The standard InChI is InChI=1S/C12H16N2O3.ClH/c13-6-3-7-14-12(15)11-8-16-9-4-1-2-5-10(9)17-11;/h1-2,4-5,11H,3,6-8,13H2,(H,14,15);1H. The Kier molecular flexibility index (Phi) is 5.74. The summed E-state index contributed by atoms with van der Waals surface area (Å²) in [7, 11) is 0. The Morgan fingerprint density at radius 3 is 2.83 bits per heavy atom. The summed E-state index contributed by atoms with van der Waals surface area (Å²) in [5, 5.41) is 2.76. The number of nitrogens with one attached hydrogen (secondary N) is 1. The number of hydrogen-bond donors (Lipinski definition) is 2. The molecule has 1 aromatic rings. The molecule has 6 heteroatoms. The number of carbonyl (C=O) groups excluding carboxylic acids is 1. The number of ether oxygens (including phenoxy) is 2. The van der Waals surface area contributed by atoms with Crippen molar-refractivity contribution in [1.82, 2.24) is 5.32 Å². The van der Waals surface area contributed by atoms with E-state index in [1.54, 1.807) is 6.07 Å². The smallest absolute Gasteiger partial charge is 0.264 e. The fraction of sp³-hybridized carbons (Fsp3) is 0.417. The Morgan fingerprint density at radius 1 is 1.39 bits per heavy atom. The van der Waals surface area contributed by atoms with Gasteiger partial charge in [0.25, 0.3) is 5.91 Å². The first-order chi connectivity index (χ1) is 8.31. The highest BCUT2D eigenvalue weighted by Crippen LogP contribution is 2.30. The van der Waals surface area contributed by atoms with Crippen LogP contribution in [0.2, 0.25) is 0 Å². The Morgan fingerprint density at radius 2 is 2.11 bits per heavy atom. The van der Waals surface area contributed by atoms with Gasteiger partial charge in [0.05, 0.1) is 0 Å². The molecular weight excluding hydrogens is 256 g/mol. The van der Waals surface area contributed by atoms with E-state index >= 15 is 0 Å². The lowest BCUT2D eigenvalue weighted by Crippen LogP contribution is -2.44. The van der Waals surface area contributed by atoms with Crippen molar-refractivity contribution in [3.63, 3.8) is 0 Å². The van der Waals surface area contributed by atoms with Crippen LogP contribution in [0.4, 0.5) is 0 Å². The third-order valence-electron chi connectivity index (χ3n) is 2.48. The van der Waals surface area contributed by atoms with Gasteiger partial charge in [0.15, 0.2) is 11.5 Å². The molecule has 0 spiro atoms. The second-order valence-corrected chi connectivity index (χ2v) is 3.80. The second kappa shape index (κ2) is 7.08. The summed E-state index contributed by atoms with van der Waals surface area (Å²) in [4.78, 5) is 11.7. The molecule has 1 heterocycles. The molecule has 3 N–H and O–H groups in total. The zero-order valence-corrected chi connectivity index (χ0v) is 10.7. The first-order valence-corrected chi connectivity index (χ1v) is 5.67. The molecule has 1 amide bonds. The third kappa shape index (κ3) is 3.51. The molecule has 1 aromatic carbocycles. The summed E-state index contributed by atoms with van der Waals surface area (Å²) in [5.74, 6) is 1.13. The lowest BCUT2D eigenvalue weighted by molar-refractivity contribution is -0.130. The van der Waals surface area contributed by atoms with Crippen LogP contribution in [0, 0.1) is 0 Å². The highest BCUT2D eigenvalue weighted by molar-refractivity contribution is 5.85. The van der Waals surface area contributed by atoms with Gasteiger partial charge in [0, 0.05) is 6.54 Å². The predicted octanol–water partition coefficient (Wildman–Crippen LogP) is 0.713. The van der Waals surface area contributed by atoms with Crippen LogP contribution in [-0.4, -0.2) is 31.7 Å². The number of amides is 1. The summed E-state index contributed by atoms with van der Waals surface area (Å²) in [6, 6.07) is 7.31. The molecule has 1 unspecified atom stereocenters. The topological polar surface area (TPSA) is 73.6 Å². The number of carbonyl (C=O) groups is 1. The minimum atomic E-state index is -0.581. The molecule has 0 fully saturated rings. The molecule has 0 aliphatic carbocycles. The van der Waals surface area contributed by atoms with Gasteiger partial charge < -0.3 is 20.5 Å². The highest BCUT2D eigenvalue weighted by atomic mass is 35.5. The van der Waals surface area contributed by atoms with Gasteiger partial charge in [-0.15, -0.1) is 12.4 Å². The molecule has 18 heavy (non-hydrogen) atoms. The van der Waals surface area contributed by atoms with Gasteiger partial charge in [-0.3, -0.25) is 4.79 Å². The first-order valence-electron chi connectivity index (χ1n) is 5.67. The van der Waals surface area contributed by atoms with Crippen molar-refractivity contribution in [2.75, 3.05) is 19.7 Å². The highest BCUT2D eigenvalue weighted by Gasteiger charge is 2.26. The molecule has 0 radical (unpaired) electrons. The normalized spacial score (nSPS) is 16.6. The Labute approximate surface area is 112 Å². The number of benzene rings is 1. The molecule has 0 bridgehead atoms. The van der Waals surface area contributed by atoms with E-state index in [2.05, 4.69) is 5.32 Å². The Hall–Kier alpha value is -1.46. The minimum Gasteiger partial charge on any atom is -0.485 e. The van der Waals surface area contributed by atoms with E-state index < -0.39 is 6.10 Å². The van der Waals surface area contributed by atoms with E-state index in [1.807, 2.05) is 18.2 Å². The maximum atomic E-state index is 11.7. The minimum absolute atomic E-state index is 0. The van der Waals surface area contributed by atoms with Crippen molar-refractivity contribution < 1.29 is 14.3 Å². The molecule has 5 nitrogen and oxygen atoms in total. The van der Waals surface area contributed by atoms with Crippen molar-refractivity contribution in [3.8, 4) is 11.5 Å². The zero-order valence-electron chi connectivity index (χ0n) is 9.93. The van der Waals surface area contributed by atoms with E-state index in [9.17, 15) is 4.79 Å². The summed E-state index contributed by atoms with van der Waals surface area (Å²) in [6.45, 7) is 1.37. The Bertz CT molecular complexity index is 401. The van der Waals surface area contributed by atoms with Crippen LogP contribution in [0.1, 0.15) is 6.42 Å². The SMILES string of the molecule is Cl.NCCCNC(=O)C1COc2ccccc2O1. The summed E-state index contributed by atoms with van der Waals surface area (Å²) >= 11 is 0. The van der Waals surface area contributed by atoms with Crippen LogP contribution in [0.5, 0.6) is 11.5 Å². The number of halogens is 1. The summed E-state index contributed by atoms with van der Waals surface area (Å²) < 4.78 is 11.0. The van der Waals surface area contributed by atoms with Crippen molar-refractivity contribution in [2.24, 2.45) is 5.73 Å². The van der Waals surface area contributed by atoms with Gasteiger partial charge in [-0.2, -0.15) is 0 Å². The van der Waals surface area contributed by atoms with Crippen molar-refractivity contribution >= 4 is 18.3 Å². The van der Waals surface area contributed by atoms with Crippen LogP contribution in [0.25, 0.3) is 0 Å². The van der Waals surface area contributed by atoms with E-state index in [1.165, 1.54) is 0 Å². The summed E-state index contributed by atoms with van der Waals surface area (Å²) in [5.41, 5.74) is 5.35.